The minimum atomic E-state index is 0.170. The number of furan rings is 1. The Kier molecular flexibility index (Phi) is 4.09. The molecule has 3 aromatic heterocycles. The highest BCUT2D eigenvalue weighted by Crippen LogP contribution is 2.17. The lowest BCUT2D eigenvalue weighted by molar-refractivity contribution is -0.131. The van der Waals surface area contributed by atoms with Crippen LogP contribution in [0.4, 0.5) is 5.82 Å². The maximum atomic E-state index is 12.4. The molecule has 3 aromatic rings. The molecule has 8 nitrogen and oxygen atoms in total. The molecule has 130 valence electrons. The Bertz CT molecular complexity index is 865. The molecule has 0 aliphatic carbocycles. The molecular formula is C17H20N6O2. The van der Waals surface area contributed by atoms with Crippen LogP contribution in [-0.2, 0) is 11.2 Å². The highest BCUT2D eigenvalue weighted by Gasteiger charge is 2.23. The van der Waals surface area contributed by atoms with E-state index in [4.69, 9.17) is 4.42 Å². The van der Waals surface area contributed by atoms with Crippen molar-refractivity contribution in [3.63, 3.8) is 0 Å². The van der Waals surface area contributed by atoms with E-state index >= 15 is 0 Å². The summed E-state index contributed by atoms with van der Waals surface area (Å²) in [4.78, 5) is 25.1. The Morgan fingerprint density at radius 3 is 2.84 bits per heavy atom. The van der Waals surface area contributed by atoms with E-state index in [1.807, 2.05) is 28.5 Å². The van der Waals surface area contributed by atoms with E-state index in [0.717, 1.165) is 36.1 Å². The van der Waals surface area contributed by atoms with Crippen molar-refractivity contribution in [1.82, 2.24) is 24.5 Å². The molecule has 1 saturated heterocycles. The number of anilines is 1. The van der Waals surface area contributed by atoms with Crippen LogP contribution in [0.2, 0.25) is 0 Å². The summed E-state index contributed by atoms with van der Waals surface area (Å²) in [6.45, 7) is 4.77. The van der Waals surface area contributed by atoms with Gasteiger partial charge in [-0.2, -0.15) is 4.52 Å². The Morgan fingerprint density at radius 1 is 1.24 bits per heavy atom. The number of aromatic nitrogens is 4. The predicted octanol–water partition coefficient (Wildman–Crippen LogP) is 1.31. The Morgan fingerprint density at radius 2 is 2.08 bits per heavy atom. The fourth-order valence-corrected chi connectivity index (χ4v) is 3.15. The number of piperazine rings is 1. The molecule has 1 aliphatic heterocycles. The van der Waals surface area contributed by atoms with E-state index < -0.39 is 0 Å². The normalized spacial score (nSPS) is 15.1. The number of hydrogen-bond acceptors (Lipinski definition) is 6. The molecule has 8 heteroatoms. The van der Waals surface area contributed by atoms with E-state index in [-0.39, 0.29) is 5.91 Å². The third-order valence-electron chi connectivity index (χ3n) is 4.46. The second-order valence-electron chi connectivity index (χ2n) is 6.14. The van der Waals surface area contributed by atoms with Crippen LogP contribution >= 0.6 is 0 Å². The summed E-state index contributed by atoms with van der Waals surface area (Å²) in [7, 11) is 0. The predicted molar refractivity (Wildman–Crippen MR) is 91.3 cm³/mol. The average molecular weight is 340 g/mol. The van der Waals surface area contributed by atoms with Crippen molar-refractivity contribution >= 4 is 17.4 Å². The van der Waals surface area contributed by atoms with E-state index in [9.17, 15) is 4.79 Å². The SMILES string of the molecule is Cc1nc2cncc(N3CCN(C(=O)CCc4ccco4)CC3)n2n1. The molecule has 0 bridgehead atoms. The van der Waals surface area contributed by atoms with Crippen molar-refractivity contribution in [3.8, 4) is 0 Å². The first-order valence-electron chi connectivity index (χ1n) is 8.43. The van der Waals surface area contributed by atoms with Crippen LogP contribution in [0.1, 0.15) is 18.0 Å². The van der Waals surface area contributed by atoms with Crippen LogP contribution in [0.15, 0.2) is 35.2 Å². The first-order valence-corrected chi connectivity index (χ1v) is 8.43. The summed E-state index contributed by atoms with van der Waals surface area (Å²) >= 11 is 0. The van der Waals surface area contributed by atoms with Gasteiger partial charge in [-0.1, -0.05) is 0 Å². The molecule has 4 heterocycles. The van der Waals surface area contributed by atoms with Gasteiger partial charge in [0.25, 0.3) is 0 Å². The zero-order valence-corrected chi connectivity index (χ0v) is 14.1. The van der Waals surface area contributed by atoms with Crippen molar-refractivity contribution < 1.29 is 9.21 Å². The number of carbonyl (C=O) groups is 1. The van der Waals surface area contributed by atoms with Crippen LogP contribution in [0.5, 0.6) is 0 Å². The highest BCUT2D eigenvalue weighted by atomic mass is 16.3. The highest BCUT2D eigenvalue weighted by molar-refractivity contribution is 5.76. The third-order valence-corrected chi connectivity index (χ3v) is 4.46. The van der Waals surface area contributed by atoms with E-state index in [2.05, 4.69) is 20.0 Å². The van der Waals surface area contributed by atoms with Gasteiger partial charge in [-0.05, 0) is 19.1 Å². The molecule has 4 rings (SSSR count). The standard InChI is InChI=1S/C17H20N6O2/c1-13-19-15-11-18-12-16(23(15)20-13)21-6-8-22(9-7-21)17(24)5-4-14-3-2-10-25-14/h2-3,10-12H,4-9H2,1H3. The third kappa shape index (κ3) is 3.19. The lowest BCUT2D eigenvalue weighted by Gasteiger charge is -2.35. The lowest BCUT2D eigenvalue weighted by atomic mass is 10.2. The molecule has 1 amide bonds. The van der Waals surface area contributed by atoms with Gasteiger partial charge in [0.05, 0.1) is 18.7 Å². The molecule has 0 N–H and O–H groups in total. The Balaban J connectivity index is 1.38. The summed E-state index contributed by atoms with van der Waals surface area (Å²) in [5, 5.41) is 4.43. The molecular weight excluding hydrogens is 320 g/mol. The van der Waals surface area contributed by atoms with Gasteiger partial charge in [0.15, 0.2) is 11.5 Å². The lowest BCUT2D eigenvalue weighted by Crippen LogP contribution is -2.49. The second-order valence-corrected chi connectivity index (χ2v) is 6.14. The van der Waals surface area contributed by atoms with Crippen LogP contribution in [-0.4, -0.2) is 56.6 Å². The maximum absolute atomic E-state index is 12.4. The van der Waals surface area contributed by atoms with Gasteiger partial charge in [0.1, 0.15) is 11.6 Å². The van der Waals surface area contributed by atoms with Gasteiger partial charge in [-0.15, -0.1) is 5.10 Å². The quantitative estimate of drug-likeness (QED) is 0.712. The van der Waals surface area contributed by atoms with Crippen molar-refractivity contribution in [3.05, 3.63) is 42.4 Å². The number of aryl methyl sites for hydroxylation is 2. The second kappa shape index (κ2) is 6.54. The van der Waals surface area contributed by atoms with Gasteiger partial charge >= 0.3 is 0 Å². The molecule has 1 fully saturated rings. The van der Waals surface area contributed by atoms with Crippen molar-refractivity contribution in [1.29, 1.82) is 0 Å². The Hall–Kier alpha value is -2.90. The molecule has 25 heavy (non-hydrogen) atoms. The van der Waals surface area contributed by atoms with Gasteiger partial charge in [0, 0.05) is 39.0 Å². The smallest absolute Gasteiger partial charge is 0.223 e. The number of hydrogen-bond donors (Lipinski definition) is 0. The van der Waals surface area contributed by atoms with Crippen LogP contribution in [0, 0.1) is 6.92 Å². The van der Waals surface area contributed by atoms with Gasteiger partial charge in [-0.25, -0.2) is 4.98 Å². The van der Waals surface area contributed by atoms with Crippen LogP contribution < -0.4 is 4.90 Å². The molecule has 0 spiro atoms. The molecule has 0 aromatic carbocycles. The number of amides is 1. The number of fused-ring (bicyclic) bond motifs is 1. The first-order chi connectivity index (χ1) is 12.2. The largest absolute Gasteiger partial charge is 0.469 e. The summed E-state index contributed by atoms with van der Waals surface area (Å²) < 4.78 is 7.10. The first kappa shape index (κ1) is 15.6. The molecule has 0 unspecified atom stereocenters. The summed E-state index contributed by atoms with van der Waals surface area (Å²) in [6, 6.07) is 3.75. The number of nitrogens with zero attached hydrogens (tertiary/aromatic N) is 6. The van der Waals surface area contributed by atoms with E-state index in [1.54, 1.807) is 18.7 Å². The molecule has 0 atom stereocenters. The minimum Gasteiger partial charge on any atom is -0.469 e. The maximum Gasteiger partial charge on any atom is 0.223 e. The van der Waals surface area contributed by atoms with Gasteiger partial charge in [0.2, 0.25) is 5.91 Å². The monoisotopic (exact) mass is 340 g/mol. The summed E-state index contributed by atoms with van der Waals surface area (Å²) in [5.41, 5.74) is 0.743. The summed E-state index contributed by atoms with van der Waals surface area (Å²) in [5.74, 6) is 2.66. The summed E-state index contributed by atoms with van der Waals surface area (Å²) in [6.07, 6.45) is 6.27. The van der Waals surface area contributed by atoms with Crippen molar-refractivity contribution in [2.45, 2.75) is 19.8 Å². The van der Waals surface area contributed by atoms with Crippen LogP contribution in [0.25, 0.3) is 5.65 Å². The molecule has 0 saturated carbocycles. The van der Waals surface area contributed by atoms with Crippen molar-refractivity contribution in [2.75, 3.05) is 31.1 Å². The van der Waals surface area contributed by atoms with E-state index in [1.165, 1.54) is 0 Å². The van der Waals surface area contributed by atoms with Crippen molar-refractivity contribution in [2.24, 2.45) is 0 Å². The Labute approximate surface area is 145 Å². The zero-order valence-electron chi connectivity index (χ0n) is 14.1. The topological polar surface area (TPSA) is 79.8 Å². The molecule has 1 aliphatic rings. The minimum absolute atomic E-state index is 0.170. The average Bonchev–Trinajstić information content (AvgIpc) is 3.27. The molecule has 0 radical (unpaired) electrons. The number of rotatable bonds is 4. The fraction of sp³-hybridized carbons (Fsp3) is 0.412. The van der Waals surface area contributed by atoms with Gasteiger partial charge in [-0.3, -0.25) is 9.78 Å². The zero-order chi connectivity index (χ0) is 17.2. The number of carbonyl (C=O) groups excluding carboxylic acids is 1. The fourth-order valence-electron chi connectivity index (χ4n) is 3.15. The van der Waals surface area contributed by atoms with Gasteiger partial charge < -0.3 is 14.2 Å². The van der Waals surface area contributed by atoms with E-state index in [0.29, 0.717) is 25.9 Å². The van der Waals surface area contributed by atoms with Crippen LogP contribution in [0.3, 0.4) is 0 Å².